The van der Waals surface area contributed by atoms with E-state index in [1.807, 2.05) is 53.9 Å². The first-order chi connectivity index (χ1) is 10.7. The van der Waals surface area contributed by atoms with Gasteiger partial charge >= 0.3 is 0 Å². The van der Waals surface area contributed by atoms with Crippen LogP contribution in [0.2, 0.25) is 5.02 Å². The second-order valence-corrected chi connectivity index (χ2v) is 6.23. The Kier molecular flexibility index (Phi) is 4.61. The summed E-state index contributed by atoms with van der Waals surface area (Å²) >= 11 is 7.36. The molecule has 0 spiro atoms. The first-order valence-corrected chi connectivity index (χ1v) is 8.08. The molecule has 0 unspecified atom stereocenters. The smallest absolute Gasteiger partial charge is 0.264 e. The summed E-state index contributed by atoms with van der Waals surface area (Å²) in [5.41, 5.74) is 1.03. The maximum Gasteiger partial charge on any atom is 0.264 e. The summed E-state index contributed by atoms with van der Waals surface area (Å²) in [7, 11) is 0. The van der Waals surface area contributed by atoms with Crippen LogP contribution in [0.1, 0.15) is 21.0 Å². The van der Waals surface area contributed by atoms with E-state index in [9.17, 15) is 4.79 Å². The number of thiophene rings is 1. The predicted molar refractivity (Wildman–Crippen MR) is 88.1 cm³/mol. The van der Waals surface area contributed by atoms with Crippen molar-refractivity contribution in [2.24, 2.45) is 0 Å². The number of carbonyl (C=O) groups excluding carboxylic acids is 1. The van der Waals surface area contributed by atoms with Crippen molar-refractivity contribution in [1.29, 1.82) is 0 Å². The summed E-state index contributed by atoms with van der Waals surface area (Å²) in [6.45, 7) is 0.945. The zero-order valence-electron chi connectivity index (χ0n) is 11.7. The molecule has 0 atom stereocenters. The van der Waals surface area contributed by atoms with Crippen molar-refractivity contribution in [3.63, 3.8) is 0 Å². The highest BCUT2D eigenvalue weighted by Gasteiger charge is 2.18. The van der Waals surface area contributed by atoms with Crippen LogP contribution >= 0.6 is 22.9 Å². The van der Waals surface area contributed by atoms with Gasteiger partial charge in [0.25, 0.3) is 5.91 Å². The van der Waals surface area contributed by atoms with E-state index in [0.29, 0.717) is 18.1 Å². The molecule has 22 heavy (non-hydrogen) atoms. The van der Waals surface area contributed by atoms with Crippen LogP contribution in [-0.4, -0.2) is 10.8 Å². The van der Waals surface area contributed by atoms with E-state index in [1.54, 1.807) is 11.2 Å². The number of furan rings is 1. The molecule has 0 radical (unpaired) electrons. The number of nitrogens with zero attached hydrogens (tertiary/aromatic N) is 1. The van der Waals surface area contributed by atoms with E-state index >= 15 is 0 Å². The first kappa shape index (κ1) is 14.9. The lowest BCUT2D eigenvalue weighted by Gasteiger charge is -2.21. The molecule has 0 bridgehead atoms. The van der Waals surface area contributed by atoms with Gasteiger partial charge in [-0.1, -0.05) is 29.8 Å². The molecule has 5 heteroatoms. The van der Waals surface area contributed by atoms with Crippen LogP contribution in [0, 0.1) is 0 Å². The fraction of sp³-hybridized carbons (Fsp3) is 0.118. The van der Waals surface area contributed by atoms with Gasteiger partial charge < -0.3 is 9.32 Å². The third-order valence-corrected chi connectivity index (χ3v) is 4.34. The quantitative estimate of drug-likeness (QED) is 0.670. The highest BCUT2D eigenvalue weighted by Crippen LogP contribution is 2.18. The molecule has 0 aliphatic carbocycles. The summed E-state index contributed by atoms with van der Waals surface area (Å²) < 4.78 is 5.38. The summed E-state index contributed by atoms with van der Waals surface area (Å²) in [4.78, 5) is 15.2. The van der Waals surface area contributed by atoms with Crippen molar-refractivity contribution in [2.75, 3.05) is 0 Å². The topological polar surface area (TPSA) is 33.5 Å². The molecule has 0 saturated carbocycles. The van der Waals surface area contributed by atoms with E-state index in [0.717, 1.165) is 16.2 Å². The second-order valence-electron chi connectivity index (χ2n) is 4.84. The average Bonchev–Trinajstić information content (AvgIpc) is 3.21. The molecule has 3 aromatic rings. The summed E-state index contributed by atoms with van der Waals surface area (Å²) in [6, 6.07) is 14.9. The van der Waals surface area contributed by atoms with E-state index in [-0.39, 0.29) is 5.91 Å². The van der Waals surface area contributed by atoms with Crippen LogP contribution in [-0.2, 0) is 13.1 Å². The number of hydrogen-bond donors (Lipinski definition) is 0. The molecule has 0 saturated heterocycles. The minimum absolute atomic E-state index is 0.00125. The Bertz CT molecular complexity index is 721. The van der Waals surface area contributed by atoms with Gasteiger partial charge in [0.1, 0.15) is 5.76 Å². The molecule has 2 aromatic heterocycles. The van der Waals surface area contributed by atoms with E-state index in [2.05, 4.69) is 0 Å². The lowest BCUT2D eigenvalue weighted by Crippen LogP contribution is -2.29. The van der Waals surface area contributed by atoms with Gasteiger partial charge in [-0.3, -0.25) is 4.79 Å². The molecule has 0 fully saturated rings. The monoisotopic (exact) mass is 331 g/mol. The van der Waals surface area contributed by atoms with E-state index < -0.39 is 0 Å². The van der Waals surface area contributed by atoms with Gasteiger partial charge in [-0.15, -0.1) is 11.3 Å². The third-order valence-electron chi connectivity index (χ3n) is 3.23. The van der Waals surface area contributed by atoms with Crippen LogP contribution in [0.5, 0.6) is 0 Å². The standard InChI is InChI=1S/C17H14ClNO2S/c18-14-7-5-13(6-8-14)11-19(12-15-3-1-9-21-15)17(20)16-4-2-10-22-16/h1-10H,11-12H2. The van der Waals surface area contributed by atoms with E-state index in [1.165, 1.54) is 11.3 Å². The fourth-order valence-electron chi connectivity index (χ4n) is 2.16. The Morgan fingerprint density at radius 1 is 1.09 bits per heavy atom. The molecule has 3 nitrogen and oxygen atoms in total. The number of halogens is 1. The van der Waals surface area contributed by atoms with Gasteiger partial charge in [-0.05, 0) is 41.3 Å². The summed E-state index contributed by atoms with van der Waals surface area (Å²) in [6.07, 6.45) is 1.62. The average molecular weight is 332 g/mol. The zero-order valence-corrected chi connectivity index (χ0v) is 13.3. The number of benzene rings is 1. The van der Waals surface area contributed by atoms with Gasteiger partial charge in [0.15, 0.2) is 0 Å². The van der Waals surface area contributed by atoms with Gasteiger partial charge in [0.2, 0.25) is 0 Å². The van der Waals surface area contributed by atoms with Gasteiger partial charge in [-0.25, -0.2) is 0 Å². The number of carbonyl (C=O) groups is 1. The number of rotatable bonds is 5. The van der Waals surface area contributed by atoms with Crippen LogP contribution in [0.4, 0.5) is 0 Å². The van der Waals surface area contributed by atoms with Crippen molar-refractivity contribution < 1.29 is 9.21 Å². The van der Waals surface area contributed by atoms with Crippen molar-refractivity contribution >= 4 is 28.8 Å². The lowest BCUT2D eigenvalue weighted by molar-refractivity contribution is 0.0722. The van der Waals surface area contributed by atoms with Crippen molar-refractivity contribution in [2.45, 2.75) is 13.1 Å². The van der Waals surface area contributed by atoms with Crippen LogP contribution < -0.4 is 0 Å². The normalized spacial score (nSPS) is 10.6. The molecule has 2 heterocycles. The predicted octanol–water partition coefficient (Wildman–Crippen LogP) is 4.84. The zero-order chi connectivity index (χ0) is 15.4. The maximum atomic E-state index is 12.7. The van der Waals surface area contributed by atoms with Crippen LogP contribution in [0.15, 0.2) is 64.6 Å². The molecular weight excluding hydrogens is 318 g/mol. The van der Waals surface area contributed by atoms with Crippen LogP contribution in [0.25, 0.3) is 0 Å². The van der Waals surface area contributed by atoms with Crippen molar-refractivity contribution in [3.8, 4) is 0 Å². The summed E-state index contributed by atoms with van der Waals surface area (Å²) in [5, 5.41) is 2.59. The molecule has 0 aliphatic rings. The Morgan fingerprint density at radius 3 is 2.55 bits per heavy atom. The largest absolute Gasteiger partial charge is 0.467 e. The first-order valence-electron chi connectivity index (χ1n) is 6.82. The Labute approximate surface area is 137 Å². The molecular formula is C17H14ClNO2S. The molecule has 1 aromatic carbocycles. The van der Waals surface area contributed by atoms with Gasteiger partial charge in [0.05, 0.1) is 17.7 Å². The molecule has 1 amide bonds. The lowest BCUT2D eigenvalue weighted by atomic mass is 10.2. The van der Waals surface area contributed by atoms with Crippen LogP contribution in [0.3, 0.4) is 0 Å². The van der Waals surface area contributed by atoms with Gasteiger partial charge in [-0.2, -0.15) is 0 Å². The number of amides is 1. The molecule has 112 valence electrons. The minimum atomic E-state index is 0.00125. The maximum absolute atomic E-state index is 12.7. The van der Waals surface area contributed by atoms with Crippen molar-refractivity contribution in [1.82, 2.24) is 4.90 Å². The second kappa shape index (κ2) is 6.81. The Hall–Kier alpha value is -2.04. The fourth-order valence-corrected chi connectivity index (χ4v) is 2.97. The summed E-state index contributed by atoms with van der Waals surface area (Å²) in [5.74, 6) is 0.764. The molecule has 0 aliphatic heterocycles. The molecule has 3 rings (SSSR count). The molecule has 0 N–H and O–H groups in total. The van der Waals surface area contributed by atoms with Gasteiger partial charge in [0, 0.05) is 11.6 Å². The highest BCUT2D eigenvalue weighted by molar-refractivity contribution is 7.12. The Morgan fingerprint density at radius 2 is 1.91 bits per heavy atom. The Balaban J connectivity index is 1.82. The highest BCUT2D eigenvalue weighted by atomic mass is 35.5. The van der Waals surface area contributed by atoms with E-state index in [4.69, 9.17) is 16.0 Å². The SMILES string of the molecule is O=C(c1cccs1)N(Cc1ccc(Cl)cc1)Cc1ccco1. The number of hydrogen-bond acceptors (Lipinski definition) is 3. The van der Waals surface area contributed by atoms with Crippen molar-refractivity contribution in [3.05, 3.63) is 81.4 Å². The minimum Gasteiger partial charge on any atom is -0.467 e. The third kappa shape index (κ3) is 3.59.